The number of hydrogen-bond donors (Lipinski definition) is 2. The molecule has 2 N–H and O–H groups in total. The summed E-state index contributed by atoms with van der Waals surface area (Å²) in [6.45, 7) is 2.50. The molecule has 26 heavy (non-hydrogen) atoms. The quantitative estimate of drug-likeness (QED) is 0.885. The molecule has 1 saturated heterocycles. The summed E-state index contributed by atoms with van der Waals surface area (Å²) < 4.78 is 5.44. The fourth-order valence-corrected chi connectivity index (χ4v) is 3.36. The molecule has 6 heteroatoms. The number of nitrogens with zero attached hydrogens (tertiary/aromatic N) is 1. The first-order chi connectivity index (χ1) is 12.7. The van der Waals surface area contributed by atoms with Gasteiger partial charge < -0.3 is 20.3 Å². The lowest BCUT2D eigenvalue weighted by molar-refractivity contribution is -0.128. The average Bonchev–Trinajstić information content (AvgIpc) is 3.13. The normalized spacial score (nSPS) is 19.1. The van der Waals surface area contributed by atoms with E-state index in [2.05, 4.69) is 16.7 Å². The average molecular weight is 351 g/mol. The molecule has 1 unspecified atom stereocenters. The van der Waals surface area contributed by atoms with Gasteiger partial charge in [0, 0.05) is 36.6 Å². The van der Waals surface area contributed by atoms with Gasteiger partial charge in [0.15, 0.2) is 0 Å². The zero-order valence-corrected chi connectivity index (χ0v) is 14.4. The molecule has 1 atom stereocenters. The van der Waals surface area contributed by atoms with Crippen LogP contribution in [0, 0.1) is 0 Å². The molecule has 4 rings (SSSR count). The Morgan fingerprint density at radius 3 is 2.69 bits per heavy atom. The zero-order valence-electron chi connectivity index (χ0n) is 14.4. The Morgan fingerprint density at radius 1 is 1.12 bits per heavy atom. The molecule has 2 aromatic rings. The fraction of sp³-hybridized carbons (Fsp3) is 0.300. The SMILES string of the molecule is O=C(Nc1ccc(C(=O)N2CCc3ccccc32)cc1)C1CNCCO1. The maximum absolute atomic E-state index is 12.8. The van der Waals surface area contributed by atoms with Crippen LogP contribution in [0.2, 0.25) is 0 Å². The number of anilines is 2. The maximum Gasteiger partial charge on any atom is 0.258 e. The van der Waals surface area contributed by atoms with Gasteiger partial charge in [0.1, 0.15) is 6.10 Å². The van der Waals surface area contributed by atoms with Gasteiger partial charge in [-0.2, -0.15) is 0 Å². The third kappa shape index (κ3) is 3.34. The number of fused-ring (bicyclic) bond motifs is 1. The predicted octanol–water partition coefficient (Wildman–Crippen LogP) is 1.82. The summed E-state index contributed by atoms with van der Waals surface area (Å²) in [4.78, 5) is 26.8. The molecule has 0 radical (unpaired) electrons. The van der Waals surface area contributed by atoms with E-state index in [0.29, 0.717) is 30.9 Å². The second kappa shape index (κ2) is 7.27. The molecule has 0 bridgehead atoms. The number of carbonyl (C=O) groups is 2. The van der Waals surface area contributed by atoms with Crippen molar-refractivity contribution in [3.8, 4) is 0 Å². The number of amides is 2. The number of nitrogens with one attached hydrogen (secondary N) is 2. The van der Waals surface area contributed by atoms with Crippen molar-refractivity contribution in [2.24, 2.45) is 0 Å². The summed E-state index contributed by atoms with van der Waals surface area (Å²) in [6.07, 6.45) is 0.400. The monoisotopic (exact) mass is 351 g/mol. The van der Waals surface area contributed by atoms with E-state index < -0.39 is 6.10 Å². The minimum atomic E-state index is -0.480. The van der Waals surface area contributed by atoms with Crippen molar-refractivity contribution in [3.05, 3.63) is 59.7 Å². The van der Waals surface area contributed by atoms with Crippen LogP contribution in [0.15, 0.2) is 48.5 Å². The lowest BCUT2D eigenvalue weighted by atomic mass is 10.1. The van der Waals surface area contributed by atoms with Crippen LogP contribution in [-0.2, 0) is 16.0 Å². The number of para-hydroxylation sites is 1. The number of morpholine rings is 1. The van der Waals surface area contributed by atoms with E-state index in [1.807, 2.05) is 23.1 Å². The van der Waals surface area contributed by atoms with E-state index in [1.54, 1.807) is 24.3 Å². The van der Waals surface area contributed by atoms with Gasteiger partial charge in [-0.1, -0.05) is 18.2 Å². The molecule has 2 aromatic carbocycles. The second-order valence-electron chi connectivity index (χ2n) is 6.47. The Kier molecular flexibility index (Phi) is 4.69. The van der Waals surface area contributed by atoms with Crippen molar-refractivity contribution in [2.45, 2.75) is 12.5 Å². The summed E-state index contributed by atoms with van der Waals surface area (Å²) in [6, 6.07) is 15.0. The molecule has 0 spiro atoms. The summed E-state index contributed by atoms with van der Waals surface area (Å²) in [5.41, 5.74) is 3.44. The molecule has 0 saturated carbocycles. The van der Waals surface area contributed by atoms with Crippen LogP contribution in [0.3, 0.4) is 0 Å². The van der Waals surface area contributed by atoms with E-state index in [0.717, 1.165) is 18.7 Å². The second-order valence-corrected chi connectivity index (χ2v) is 6.47. The molecule has 1 fully saturated rings. The Balaban J connectivity index is 1.43. The molecular formula is C20H21N3O3. The third-order valence-electron chi connectivity index (χ3n) is 4.75. The van der Waals surface area contributed by atoms with Crippen molar-refractivity contribution >= 4 is 23.2 Å². The highest BCUT2D eigenvalue weighted by atomic mass is 16.5. The summed E-state index contributed by atoms with van der Waals surface area (Å²) >= 11 is 0. The Bertz CT molecular complexity index is 813. The third-order valence-corrected chi connectivity index (χ3v) is 4.75. The van der Waals surface area contributed by atoms with Gasteiger partial charge in [-0.3, -0.25) is 9.59 Å². The lowest BCUT2D eigenvalue weighted by Crippen LogP contribution is -2.45. The minimum absolute atomic E-state index is 0.0207. The van der Waals surface area contributed by atoms with Gasteiger partial charge >= 0.3 is 0 Å². The summed E-state index contributed by atoms with van der Waals surface area (Å²) in [5, 5.41) is 5.96. The topological polar surface area (TPSA) is 70.7 Å². The van der Waals surface area contributed by atoms with E-state index >= 15 is 0 Å². The zero-order chi connectivity index (χ0) is 17.9. The van der Waals surface area contributed by atoms with Crippen molar-refractivity contribution in [3.63, 3.8) is 0 Å². The highest BCUT2D eigenvalue weighted by molar-refractivity contribution is 6.07. The maximum atomic E-state index is 12.8. The van der Waals surface area contributed by atoms with Gasteiger partial charge in [-0.15, -0.1) is 0 Å². The van der Waals surface area contributed by atoms with Gasteiger partial charge in [0.25, 0.3) is 11.8 Å². The molecule has 2 aliphatic heterocycles. The predicted molar refractivity (Wildman–Crippen MR) is 99.5 cm³/mol. The van der Waals surface area contributed by atoms with Crippen LogP contribution in [-0.4, -0.2) is 44.2 Å². The molecule has 2 amide bonds. The molecule has 6 nitrogen and oxygen atoms in total. The summed E-state index contributed by atoms with van der Waals surface area (Å²) in [7, 11) is 0. The Morgan fingerprint density at radius 2 is 1.92 bits per heavy atom. The minimum Gasteiger partial charge on any atom is -0.366 e. The molecule has 0 aromatic heterocycles. The number of rotatable bonds is 3. The smallest absolute Gasteiger partial charge is 0.258 e. The largest absolute Gasteiger partial charge is 0.366 e. The molecule has 0 aliphatic carbocycles. The van der Waals surface area contributed by atoms with Crippen LogP contribution in [0.1, 0.15) is 15.9 Å². The van der Waals surface area contributed by atoms with Crippen molar-refractivity contribution in [1.82, 2.24) is 5.32 Å². The number of hydrogen-bond acceptors (Lipinski definition) is 4. The van der Waals surface area contributed by atoms with Crippen LogP contribution in [0.25, 0.3) is 0 Å². The van der Waals surface area contributed by atoms with Gasteiger partial charge in [0.05, 0.1) is 6.61 Å². The van der Waals surface area contributed by atoms with Crippen molar-refractivity contribution in [2.75, 3.05) is 36.5 Å². The van der Waals surface area contributed by atoms with E-state index in [9.17, 15) is 9.59 Å². The number of benzene rings is 2. The summed E-state index contributed by atoms with van der Waals surface area (Å²) in [5.74, 6) is -0.197. The van der Waals surface area contributed by atoms with Crippen LogP contribution >= 0.6 is 0 Å². The molecule has 134 valence electrons. The fourth-order valence-electron chi connectivity index (χ4n) is 3.36. The van der Waals surface area contributed by atoms with Crippen LogP contribution < -0.4 is 15.5 Å². The van der Waals surface area contributed by atoms with E-state index in [4.69, 9.17) is 4.74 Å². The Labute approximate surface area is 152 Å². The first-order valence-electron chi connectivity index (χ1n) is 8.85. The van der Waals surface area contributed by atoms with Crippen molar-refractivity contribution in [1.29, 1.82) is 0 Å². The number of ether oxygens (including phenoxy) is 1. The molecule has 2 aliphatic rings. The van der Waals surface area contributed by atoms with Gasteiger partial charge in [-0.05, 0) is 42.3 Å². The highest BCUT2D eigenvalue weighted by Crippen LogP contribution is 2.29. The first-order valence-corrected chi connectivity index (χ1v) is 8.85. The first kappa shape index (κ1) is 16.8. The Hall–Kier alpha value is -2.70. The molecular weight excluding hydrogens is 330 g/mol. The molecule has 2 heterocycles. The van der Waals surface area contributed by atoms with Gasteiger partial charge in [-0.25, -0.2) is 0 Å². The van der Waals surface area contributed by atoms with E-state index in [-0.39, 0.29) is 11.8 Å². The van der Waals surface area contributed by atoms with Crippen LogP contribution in [0.4, 0.5) is 11.4 Å². The van der Waals surface area contributed by atoms with Crippen LogP contribution in [0.5, 0.6) is 0 Å². The van der Waals surface area contributed by atoms with E-state index in [1.165, 1.54) is 5.56 Å². The number of carbonyl (C=O) groups excluding carboxylic acids is 2. The van der Waals surface area contributed by atoms with Gasteiger partial charge in [0.2, 0.25) is 0 Å². The highest BCUT2D eigenvalue weighted by Gasteiger charge is 2.25. The lowest BCUT2D eigenvalue weighted by Gasteiger charge is -2.22. The standard InChI is InChI=1S/C20H21N3O3/c24-19(18-13-21-10-12-26-18)22-16-7-5-15(6-8-16)20(25)23-11-9-14-3-1-2-4-17(14)23/h1-8,18,21H,9-13H2,(H,22,24). The van der Waals surface area contributed by atoms with Crippen molar-refractivity contribution < 1.29 is 14.3 Å².